The van der Waals surface area contributed by atoms with Gasteiger partial charge in [0.15, 0.2) is 0 Å². The molecule has 0 amide bonds. The molecule has 12 atom stereocenters. The first-order chi connectivity index (χ1) is 28.7. The van der Waals surface area contributed by atoms with Gasteiger partial charge in [-0.15, -0.1) is 0 Å². The molecule has 2 heteroatoms. The fraction of sp³-hybridized carbons (Fsp3) is 0.786. The van der Waals surface area contributed by atoms with Crippen LogP contribution in [-0.2, 0) is 0 Å². The van der Waals surface area contributed by atoms with Crippen LogP contribution in [0.3, 0.4) is 0 Å². The highest BCUT2D eigenvalue weighted by atomic mass is 15.3. The van der Waals surface area contributed by atoms with Crippen molar-refractivity contribution in [1.29, 1.82) is 0 Å². The summed E-state index contributed by atoms with van der Waals surface area (Å²) in [6, 6.07) is 3.39. The smallest absolute Gasteiger partial charge is 0.0466 e. The summed E-state index contributed by atoms with van der Waals surface area (Å²) in [6.07, 6.45) is 56.6. The molecule has 314 valence electrons. The van der Waals surface area contributed by atoms with Crippen LogP contribution in [0.1, 0.15) is 200 Å². The molecule has 0 aromatic carbocycles. The highest BCUT2D eigenvalue weighted by Gasteiger charge is 2.57. The van der Waals surface area contributed by atoms with E-state index in [4.69, 9.17) is 0 Å². The van der Waals surface area contributed by atoms with E-state index in [0.717, 1.165) is 71.5 Å². The molecule has 12 rings (SSSR count). The molecule has 0 aromatic rings. The molecule has 11 unspecified atom stereocenters. The number of hydrogen-bond donors (Lipinski definition) is 0. The van der Waals surface area contributed by atoms with Crippen molar-refractivity contribution in [1.82, 2.24) is 9.80 Å². The highest BCUT2D eigenvalue weighted by Crippen LogP contribution is 2.62. The van der Waals surface area contributed by atoms with Gasteiger partial charge in [-0.2, -0.15) is 0 Å². The molecule has 0 radical (unpaired) electrons. The summed E-state index contributed by atoms with van der Waals surface area (Å²) < 4.78 is 0. The van der Waals surface area contributed by atoms with Gasteiger partial charge in [-0.05, 0) is 224 Å². The molecule has 0 aromatic heterocycles. The summed E-state index contributed by atoms with van der Waals surface area (Å²) in [4.78, 5) is 6.46. The van der Waals surface area contributed by atoms with Crippen molar-refractivity contribution in [2.24, 2.45) is 47.3 Å². The summed E-state index contributed by atoms with van der Waals surface area (Å²) in [5, 5.41) is 0. The lowest BCUT2D eigenvalue weighted by Gasteiger charge is -2.55. The van der Waals surface area contributed by atoms with Crippen LogP contribution in [0.4, 0.5) is 0 Å². The first-order valence-corrected chi connectivity index (χ1v) is 26.5. The van der Waals surface area contributed by atoms with E-state index in [1.807, 2.05) is 39.1 Å². The summed E-state index contributed by atoms with van der Waals surface area (Å²) in [6.45, 7) is 2.63. The molecule has 12 aliphatic rings. The molecule has 2 nitrogen and oxygen atoms in total. The summed E-state index contributed by atoms with van der Waals surface area (Å²) in [5.41, 5.74) is 13.8. The Balaban J connectivity index is 0.752. The Kier molecular flexibility index (Phi) is 10.2. The van der Waals surface area contributed by atoms with Crippen LogP contribution < -0.4 is 0 Å². The van der Waals surface area contributed by atoms with Gasteiger partial charge in [0.25, 0.3) is 0 Å². The molecule has 58 heavy (non-hydrogen) atoms. The Labute approximate surface area is 354 Å². The molecule has 4 saturated carbocycles. The number of nitrogens with zero attached hydrogens (tertiary/aromatic N) is 2. The maximum absolute atomic E-state index is 3.28. The number of hydrogen-bond acceptors (Lipinski definition) is 2. The van der Waals surface area contributed by atoms with Crippen molar-refractivity contribution in [3.63, 3.8) is 0 Å². The van der Waals surface area contributed by atoms with Gasteiger partial charge in [0.05, 0.1) is 0 Å². The monoisotopic (exact) mass is 781 g/mol. The van der Waals surface area contributed by atoms with E-state index in [2.05, 4.69) is 47.1 Å². The Hall–Kier alpha value is -1.80. The SMILES string of the molecule is CCC12CCC(C3CC=C(C4CCC5[C@@H](C4)C4C=CCCC4N5C4CCCCC4)CC3)CC1C1=C(CCCC1)N2C1CCC2=C(C1)C1=C(C=CCC1)C1CCCCC21. The van der Waals surface area contributed by atoms with E-state index in [9.17, 15) is 0 Å². The second-order valence-corrected chi connectivity index (χ2v) is 22.8. The zero-order valence-corrected chi connectivity index (χ0v) is 36.9. The van der Waals surface area contributed by atoms with E-state index < -0.39 is 0 Å². The quantitative estimate of drug-likeness (QED) is 0.256. The van der Waals surface area contributed by atoms with Gasteiger partial charge in [0.2, 0.25) is 0 Å². The van der Waals surface area contributed by atoms with Crippen molar-refractivity contribution in [2.45, 2.75) is 229 Å². The maximum atomic E-state index is 3.28. The standard InChI is InChI=1S/C56H80N2/c1-2-56-33-32-40(38-26-24-37(25-27-38)39-28-31-54-51(34-39)48-20-10-12-22-53(48)57(54)41-14-4-3-5-15-41)35-52(56)49-21-11-13-23-55(49)58(56)42-29-30-47-45-18-7-6-16-43(45)44-17-8-9-19-46(44)50(47)36-42/h8,10,17,20,24,38-43,45,48,51-54H,2-7,9,11-16,18-19,21-23,25-36H2,1H3/t38?,39?,40?,42?,43?,45?,48?,51-,52?,53?,54?,56?/m0/s1. The van der Waals surface area contributed by atoms with Crippen LogP contribution in [-0.4, -0.2) is 39.5 Å². The first-order valence-electron chi connectivity index (χ1n) is 26.5. The second-order valence-electron chi connectivity index (χ2n) is 22.8. The molecule has 0 bridgehead atoms. The molecular formula is C56H80N2. The number of fused-ring (bicyclic) bond motifs is 9. The van der Waals surface area contributed by atoms with Gasteiger partial charge in [-0.3, -0.25) is 4.90 Å². The summed E-state index contributed by atoms with van der Waals surface area (Å²) in [7, 11) is 0. The largest absolute Gasteiger partial charge is 0.365 e. The fourth-order valence-corrected chi connectivity index (χ4v) is 18.4. The zero-order chi connectivity index (χ0) is 38.4. The van der Waals surface area contributed by atoms with E-state index >= 15 is 0 Å². The molecule has 0 spiro atoms. The summed E-state index contributed by atoms with van der Waals surface area (Å²) >= 11 is 0. The Morgan fingerprint density at radius 3 is 2.41 bits per heavy atom. The van der Waals surface area contributed by atoms with E-state index in [1.54, 1.807) is 0 Å². The lowest BCUT2D eigenvalue weighted by molar-refractivity contribution is -0.000979. The number of rotatable bonds is 5. The van der Waals surface area contributed by atoms with Crippen molar-refractivity contribution in [3.8, 4) is 0 Å². The second kappa shape index (κ2) is 15.5. The van der Waals surface area contributed by atoms with Gasteiger partial charge in [-0.25, -0.2) is 0 Å². The molecule has 1 saturated heterocycles. The van der Waals surface area contributed by atoms with Crippen LogP contribution in [0.2, 0.25) is 0 Å². The van der Waals surface area contributed by atoms with Gasteiger partial charge in [0.1, 0.15) is 0 Å². The van der Waals surface area contributed by atoms with Gasteiger partial charge in [0, 0.05) is 41.3 Å². The van der Waals surface area contributed by atoms with E-state index in [-0.39, 0.29) is 0 Å². The van der Waals surface area contributed by atoms with Crippen molar-refractivity contribution in [2.75, 3.05) is 0 Å². The van der Waals surface area contributed by atoms with E-state index in [0.29, 0.717) is 5.54 Å². The Morgan fingerprint density at radius 1 is 0.655 bits per heavy atom. The van der Waals surface area contributed by atoms with Gasteiger partial charge >= 0.3 is 0 Å². The molecule has 2 heterocycles. The topological polar surface area (TPSA) is 6.48 Å². The average molecular weight is 781 g/mol. The van der Waals surface area contributed by atoms with Crippen LogP contribution >= 0.6 is 0 Å². The van der Waals surface area contributed by atoms with Gasteiger partial charge < -0.3 is 4.90 Å². The Morgan fingerprint density at radius 2 is 1.53 bits per heavy atom. The lowest BCUT2D eigenvalue weighted by Crippen LogP contribution is -2.56. The third-order valence-corrected chi connectivity index (χ3v) is 20.8. The molecule has 0 N–H and O–H groups in total. The lowest BCUT2D eigenvalue weighted by atomic mass is 9.59. The minimum atomic E-state index is 0.409. The molecule has 10 aliphatic carbocycles. The zero-order valence-electron chi connectivity index (χ0n) is 36.9. The highest BCUT2D eigenvalue weighted by molar-refractivity contribution is 5.52. The third-order valence-electron chi connectivity index (χ3n) is 20.8. The Bertz CT molecular complexity index is 1780. The minimum absolute atomic E-state index is 0.409. The molecular weight excluding hydrogens is 701 g/mol. The first kappa shape index (κ1) is 37.9. The predicted octanol–water partition coefficient (Wildman–Crippen LogP) is 14.5. The molecule has 5 fully saturated rings. The van der Waals surface area contributed by atoms with Crippen molar-refractivity contribution >= 4 is 0 Å². The fourth-order valence-electron chi connectivity index (χ4n) is 18.4. The maximum Gasteiger partial charge on any atom is 0.0466 e. The van der Waals surface area contributed by atoms with Gasteiger partial charge in [-0.1, -0.05) is 80.6 Å². The third kappa shape index (κ3) is 6.05. The number of likely N-dealkylation sites (tertiary alicyclic amines) is 1. The van der Waals surface area contributed by atoms with Crippen LogP contribution in [0.5, 0.6) is 0 Å². The van der Waals surface area contributed by atoms with Crippen molar-refractivity contribution in [3.05, 3.63) is 69.5 Å². The molecule has 2 aliphatic heterocycles. The number of allylic oxidation sites excluding steroid dienone is 9. The van der Waals surface area contributed by atoms with Crippen LogP contribution in [0.15, 0.2) is 69.5 Å². The van der Waals surface area contributed by atoms with E-state index in [1.165, 1.54) is 193 Å². The predicted molar refractivity (Wildman–Crippen MR) is 241 cm³/mol. The summed E-state index contributed by atoms with van der Waals surface area (Å²) in [5.74, 6) is 7.12. The van der Waals surface area contributed by atoms with Crippen molar-refractivity contribution < 1.29 is 0 Å². The normalized spacial score (nSPS) is 44.3. The average Bonchev–Trinajstić information content (AvgIpc) is 3.79. The minimum Gasteiger partial charge on any atom is -0.365 e. The van der Waals surface area contributed by atoms with Crippen LogP contribution in [0.25, 0.3) is 0 Å². The van der Waals surface area contributed by atoms with Crippen LogP contribution in [0, 0.1) is 47.3 Å².